The molecule has 0 radical (unpaired) electrons. The van der Waals surface area contributed by atoms with Crippen LogP contribution in [0.1, 0.15) is 17.4 Å². The number of H-pyrrole nitrogens is 1. The van der Waals surface area contributed by atoms with Gasteiger partial charge in [-0.3, -0.25) is 14.7 Å². The number of methoxy groups -OCH3 is 2. The van der Waals surface area contributed by atoms with Crippen molar-refractivity contribution in [3.05, 3.63) is 48.2 Å². The molecule has 2 amide bonds. The molecule has 0 aliphatic carbocycles. The SMILES string of the molecule is COc1ccc(NC(=O)C(C)NC(=O)c2n[nH]c3ccccc23)cc1OC. The van der Waals surface area contributed by atoms with Crippen LogP contribution in [0.5, 0.6) is 11.5 Å². The topological polar surface area (TPSA) is 105 Å². The monoisotopic (exact) mass is 368 g/mol. The normalized spacial score (nSPS) is 11.7. The predicted molar refractivity (Wildman–Crippen MR) is 101 cm³/mol. The van der Waals surface area contributed by atoms with Crippen molar-refractivity contribution in [2.45, 2.75) is 13.0 Å². The molecule has 3 aromatic rings. The highest BCUT2D eigenvalue weighted by molar-refractivity contribution is 6.07. The van der Waals surface area contributed by atoms with Gasteiger partial charge in [0, 0.05) is 17.1 Å². The van der Waals surface area contributed by atoms with E-state index in [2.05, 4.69) is 20.8 Å². The second-order valence-electron chi connectivity index (χ2n) is 5.87. The molecule has 0 fully saturated rings. The Morgan fingerprint density at radius 3 is 2.56 bits per heavy atom. The van der Waals surface area contributed by atoms with Crippen molar-refractivity contribution in [2.75, 3.05) is 19.5 Å². The van der Waals surface area contributed by atoms with Crippen molar-refractivity contribution in [2.24, 2.45) is 0 Å². The fraction of sp³-hybridized carbons (Fsp3) is 0.211. The van der Waals surface area contributed by atoms with Crippen molar-refractivity contribution in [1.29, 1.82) is 0 Å². The molecule has 0 aliphatic rings. The lowest BCUT2D eigenvalue weighted by molar-refractivity contribution is -0.117. The van der Waals surface area contributed by atoms with E-state index in [1.165, 1.54) is 14.2 Å². The van der Waals surface area contributed by atoms with Crippen LogP contribution < -0.4 is 20.1 Å². The molecule has 1 aromatic heterocycles. The molecular formula is C19H20N4O4. The average molecular weight is 368 g/mol. The summed E-state index contributed by atoms with van der Waals surface area (Å²) in [6.45, 7) is 1.60. The van der Waals surface area contributed by atoms with E-state index in [1.807, 2.05) is 18.2 Å². The van der Waals surface area contributed by atoms with Gasteiger partial charge < -0.3 is 20.1 Å². The molecule has 2 aromatic carbocycles. The van der Waals surface area contributed by atoms with E-state index >= 15 is 0 Å². The third-order valence-corrected chi connectivity index (χ3v) is 4.08. The molecule has 27 heavy (non-hydrogen) atoms. The fourth-order valence-electron chi connectivity index (χ4n) is 2.63. The minimum Gasteiger partial charge on any atom is -0.493 e. The minimum atomic E-state index is -0.763. The summed E-state index contributed by atoms with van der Waals surface area (Å²) in [5, 5.41) is 12.9. The molecule has 8 heteroatoms. The summed E-state index contributed by atoms with van der Waals surface area (Å²) in [7, 11) is 3.05. The smallest absolute Gasteiger partial charge is 0.273 e. The van der Waals surface area contributed by atoms with E-state index in [-0.39, 0.29) is 11.6 Å². The van der Waals surface area contributed by atoms with Crippen LogP contribution >= 0.6 is 0 Å². The van der Waals surface area contributed by atoms with Crippen molar-refractivity contribution in [3.63, 3.8) is 0 Å². The number of hydrogen-bond acceptors (Lipinski definition) is 5. The van der Waals surface area contributed by atoms with Crippen LogP contribution in [0.2, 0.25) is 0 Å². The zero-order chi connectivity index (χ0) is 19.4. The Hall–Kier alpha value is -3.55. The second-order valence-corrected chi connectivity index (χ2v) is 5.87. The number of rotatable bonds is 6. The first-order valence-electron chi connectivity index (χ1n) is 8.30. The number of nitrogens with zero attached hydrogens (tertiary/aromatic N) is 1. The molecule has 1 heterocycles. The maximum Gasteiger partial charge on any atom is 0.273 e. The Morgan fingerprint density at radius 2 is 1.81 bits per heavy atom. The summed E-state index contributed by atoms with van der Waals surface area (Å²) in [5.74, 6) is 0.259. The maximum absolute atomic E-state index is 12.5. The maximum atomic E-state index is 12.5. The number of anilines is 1. The number of ether oxygens (including phenoxy) is 2. The van der Waals surface area contributed by atoms with Gasteiger partial charge in [-0.15, -0.1) is 0 Å². The fourth-order valence-corrected chi connectivity index (χ4v) is 2.63. The van der Waals surface area contributed by atoms with E-state index in [0.717, 1.165) is 5.52 Å². The second kappa shape index (κ2) is 7.77. The predicted octanol–water partition coefficient (Wildman–Crippen LogP) is 2.34. The van der Waals surface area contributed by atoms with E-state index in [4.69, 9.17) is 9.47 Å². The lowest BCUT2D eigenvalue weighted by Gasteiger charge is -2.15. The van der Waals surface area contributed by atoms with Crippen LogP contribution in [0, 0.1) is 0 Å². The third kappa shape index (κ3) is 3.84. The molecule has 0 saturated heterocycles. The summed E-state index contributed by atoms with van der Waals surface area (Å²) in [6, 6.07) is 11.5. The number of nitrogens with one attached hydrogen (secondary N) is 3. The van der Waals surface area contributed by atoms with E-state index in [0.29, 0.717) is 22.6 Å². The summed E-state index contributed by atoms with van der Waals surface area (Å²) < 4.78 is 10.4. The van der Waals surface area contributed by atoms with Gasteiger partial charge in [-0.1, -0.05) is 18.2 Å². The van der Waals surface area contributed by atoms with E-state index in [1.54, 1.807) is 31.2 Å². The highest BCUT2D eigenvalue weighted by Crippen LogP contribution is 2.29. The molecule has 1 unspecified atom stereocenters. The Bertz CT molecular complexity index is 983. The molecule has 3 rings (SSSR count). The number of aromatic nitrogens is 2. The standard InChI is InChI=1S/C19H20N4O4/c1-11(18(24)21-12-8-9-15(26-2)16(10-12)27-3)20-19(25)17-13-6-4-5-7-14(13)22-23-17/h4-11H,1-3H3,(H,20,25)(H,21,24)(H,22,23). The molecular weight excluding hydrogens is 348 g/mol. The first-order chi connectivity index (χ1) is 13.0. The van der Waals surface area contributed by atoms with Crippen LogP contribution in [0.25, 0.3) is 10.9 Å². The summed E-state index contributed by atoms with van der Waals surface area (Å²) in [5.41, 5.74) is 1.53. The Morgan fingerprint density at radius 1 is 1.07 bits per heavy atom. The molecule has 1 atom stereocenters. The lowest BCUT2D eigenvalue weighted by Crippen LogP contribution is -2.41. The van der Waals surface area contributed by atoms with Gasteiger partial charge in [0.05, 0.1) is 19.7 Å². The number of fused-ring (bicyclic) bond motifs is 1. The van der Waals surface area contributed by atoms with Crippen LogP contribution in [-0.2, 0) is 4.79 Å². The van der Waals surface area contributed by atoms with Gasteiger partial charge in [0.25, 0.3) is 5.91 Å². The number of para-hydroxylation sites is 1. The number of benzene rings is 2. The third-order valence-electron chi connectivity index (χ3n) is 4.08. The number of carbonyl (C=O) groups excluding carboxylic acids is 2. The van der Waals surface area contributed by atoms with Gasteiger partial charge in [-0.05, 0) is 25.1 Å². The number of carbonyl (C=O) groups is 2. The molecule has 3 N–H and O–H groups in total. The highest BCUT2D eigenvalue weighted by atomic mass is 16.5. The molecule has 0 bridgehead atoms. The van der Waals surface area contributed by atoms with Crippen LogP contribution in [-0.4, -0.2) is 42.3 Å². The quantitative estimate of drug-likeness (QED) is 0.619. The molecule has 8 nitrogen and oxygen atoms in total. The zero-order valence-electron chi connectivity index (χ0n) is 15.2. The molecule has 0 saturated carbocycles. The van der Waals surface area contributed by atoms with Crippen molar-refractivity contribution in [1.82, 2.24) is 15.5 Å². The molecule has 140 valence electrons. The molecule has 0 spiro atoms. The number of aromatic amines is 1. The summed E-state index contributed by atoms with van der Waals surface area (Å²) in [4.78, 5) is 24.9. The number of amides is 2. The van der Waals surface area contributed by atoms with Gasteiger partial charge >= 0.3 is 0 Å². The zero-order valence-corrected chi connectivity index (χ0v) is 15.2. The Kier molecular flexibility index (Phi) is 5.25. The van der Waals surface area contributed by atoms with Gasteiger partial charge in [0.15, 0.2) is 17.2 Å². The molecule has 0 aliphatic heterocycles. The average Bonchev–Trinajstić information content (AvgIpc) is 3.12. The minimum absolute atomic E-state index is 0.247. The van der Waals surface area contributed by atoms with Crippen molar-refractivity contribution >= 4 is 28.4 Å². The van der Waals surface area contributed by atoms with Crippen LogP contribution in [0.4, 0.5) is 5.69 Å². The van der Waals surface area contributed by atoms with Gasteiger partial charge in [-0.25, -0.2) is 0 Å². The van der Waals surface area contributed by atoms with E-state index < -0.39 is 11.9 Å². The van der Waals surface area contributed by atoms with Crippen molar-refractivity contribution in [3.8, 4) is 11.5 Å². The largest absolute Gasteiger partial charge is 0.493 e. The Labute approximate surface area is 155 Å². The van der Waals surface area contributed by atoms with E-state index in [9.17, 15) is 9.59 Å². The first kappa shape index (κ1) is 18.2. The van der Waals surface area contributed by atoms with Crippen LogP contribution in [0.3, 0.4) is 0 Å². The van der Waals surface area contributed by atoms with Gasteiger partial charge in [0.2, 0.25) is 5.91 Å². The highest BCUT2D eigenvalue weighted by Gasteiger charge is 2.20. The van der Waals surface area contributed by atoms with Gasteiger partial charge in [-0.2, -0.15) is 5.10 Å². The van der Waals surface area contributed by atoms with Gasteiger partial charge in [0.1, 0.15) is 6.04 Å². The number of hydrogen-bond donors (Lipinski definition) is 3. The van der Waals surface area contributed by atoms with Crippen molar-refractivity contribution < 1.29 is 19.1 Å². The summed E-state index contributed by atoms with van der Waals surface area (Å²) in [6.07, 6.45) is 0. The summed E-state index contributed by atoms with van der Waals surface area (Å²) >= 11 is 0. The first-order valence-corrected chi connectivity index (χ1v) is 8.30. The lowest BCUT2D eigenvalue weighted by atomic mass is 10.2. The van der Waals surface area contributed by atoms with Crippen LogP contribution in [0.15, 0.2) is 42.5 Å². The Balaban J connectivity index is 1.68.